The van der Waals surface area contributed by atoms with Crippen LogP contribution in [0.3, 0.4) is 0 Å². The van der Waals surface area contributed by atoms with Gasteiger partial charge in [-0.05, 0) is 31.9 Å². The van der Waals surface area contributed by atoms with Gasteiger partial charge in [0.15, 0.2) is 0 Å². The van der Waals surface area contributed by atoms with Crippen molar-refractivity contribution in [1.29, 1.82) is 0 Å². The average Bonchev–Trinajstić information content (AvgIpc) is 2.20. The minimum atomic E-state index is -4.84. The monoisotopic (exact) mass is 245 g/mol. The molecule has 1 unspecified atom stereocenters. The molecular formula is C12H14F3NO. The van der Waals surface area contributed by atoms with E-state index in [-0.39, 0.29) is 0 Å². The molecule has 1 amide bonds. The minimum Gasteiger partial charge on any atom is -0.342 e. The third-order valence-corrected chi connectivity index (χ3v) is 2.51. The van der Waals surface area contributed by atoms with Crippen LogP contribution in [0, 0.1) is 13.8 Å². The summed E-state index contributed by atoms with van der Waals surface area (Å²) in [5.41, 5.74) is 2.49. The number of rotatable bonds is 2. The van der Waals surface area contributed by atoms with Gasteiger partial charge in [-0.3, -0.25) is 4.79 Å². The van der Waals surface area contributed by atoms with E-state index in [1.807, 2.05) is 24.4 Å². The van der Waals surface area contributed by atoms with E-state index in [1.165, 1.54) is 6.92 Å². The maximum absolute atomic E-state index is 12.1. The highest BCUT2D eigenvalue weighted by atomic mass is 19.4. The number of amides is 1. The molecule has 0 spiro atoms. The van der Waals surface area contributed by atoms with Crippen molar-refractivity contribution < 1.29 is 18.0 Å². The van der Waals surface area contributed by atoms with Crippen molar-refractivity contribution in [3.05, 3.63) is 34.9 Å². The van der Waals surface area contributed by atoms with Gasteiger partial charge in [-0.15, -0.1) is 0 Å². The van der Waals surface area contributed by atoms with Gasteiger partial charge in [0.25, 0.3) is 0 Å². The van der Waals surface area contributed by atoms with Gasteiger partial charge in [-0.2, -0.15) is 13.2 Å². The van der Waals surface area contributed by atoms with Crippen LogP contribution in [0.4, 0.5) is 13.2 Å². The van der Waals surface area contributed by atoms with Crippen molar-refractivity contribution in [1.82, 2.24) is 5.32 Å². The molecule has 5 heteroatoms. The Bertz CT molecular complexity index is 426. The van der Waals surface area contributed by atoms with Crippen LogP contribution in [-0.4, -0.2) is 12.1 Å². The molecule has 1 atom stereocenters. The fourth-order valence-electron chi connectivity index (χ4n) is 1.58. The molecule has 0 heterocycles. The van der Waals surface area contributed by atoms with E-state index in [4.69, 9.17) is 0 Å². The highest BCUT2D eigenvalue weighted by Gasteiger charge is 2.39. The van der Waals surface area contributed by atoms with Crippen LogP contribution in [-0.2, 0) is 4.79 Å². The van der Waals surface area contributed by atoms with Crippen LogP contribution >= 0.6 is 0 Å². The molecule has 1 aromatic carbocycles. The second-order valence-electron chi connectivity index (χ2n) is 4.05. The molecule has 17 heavy (non-hydrogen) atoms. The summed E-state index contributed by atoms with van der Waals surface area (Å²) in [6, 6.07) is 4.80. The molecule has 0 saturated carbocycles. The molecule has 0 saturated heterocycles. The lowest BCUT2D eigenvalue weighted by molar-refractivity contribution is -0.174. The van der Waals surface area contributed by atoms with Gasteiger partial charge in [-0.25, -0.2) is 0 Å². The third kappa shape index (κ3) is 3.47. The molecule has 0 aliphatic heterocycles. The first-order chi connectivity index (χ1) is 7.71. The Labute approximate surface area is 97.8 Å². The number of nitrogens with one attached hydrogen (secondary N) is 1. The number of benzene rings is 1. The summed E-state index contributed by atoms with van der Waals surface area (Å²) >= 11 is 0. The maximum Gasteiger partial charge on any atom is 0.471 e. The zero-order valence-electron chi connectivity index (χ0n) is 9.85. The largest absolute Gasteiger partial charge is 0.471 e. The summed E-state index contributed by atoms with van der Waals surface area (Å²) in [6.45, 7) is 5.18. The maximum atomic E-state index is 12.1. The van der Waals surface area contributed by atoms with E-state index >= 15 is 0 Å². The quantitative estimate of drug-likeness (QED) is 0.852. The highest BCUT2D eigenvalue weighted by molar-refractivity contribution is 5.82. The molecule has 1 aromatic rings. The van der Waals surface area contributed by atoms with Crippen LogP contribution in [0.15, 0.2) is 18.2 Å². The van der Waals surface area contributed by atoms with Gasteiger partial charge in [-0.1, -0.05) is 23.8 Å². The van der Waals surface area contributed by atoms with Crippen LogP contribution in [0.1, 0.15) is 29.7 Å². The van der Waals surface area contributed by atoms with E-state index in [9.17, 15) is 18.0 Å². The van der Waals surface area contributed by atoms with Crippen molar-refractivity contribution in [3.63, 3.8) is 0 Å². The fraction of sp³-hybridized carbons (Fsp3) is 0.417. The predicted molar refractivity (Wildman–Crippen MR) is 58.5 cm³/mol. The first-order valence-corrected chi connectivity index (χ1v) is 5.16. The van der Waals surface area contributed by atoms with E-state index in [1.54, 1.807) is 13.0 Å². The lowest BCUT2D eigenvalue weighted by Crippen LogP contribution is -2.38. The Morgan fingerprint density at radius 1 is 1.29 bits per heavy atom. The molecule has 0 radical (unpaired) electrons. The van der Waals surface area contributed by atoms with Crippen LogP contribution in [0.25, 0.3) is 0 Å². The summed E-state index contributed by atoms with van der Waals surface area (Å²) in [4.78, 5) is 10.8. The first-order valence-electron chi connectivity index (χ1n) is 5.16. The SMILES string of the molecule is Cc1ccc(C)c(C(C)NC(=O)C(F)(F)F)c1. The zero-order chi connectivity index (χ0) is 13.2. The Hall–Kier alpha value is -1.52. The minimum absolute atomic E-state index is 0.663. The molecule has 94 valence electrons. The molecule has 0 aromatic heterocycles. The van der Waals surface area contributed by atoms with Crippen molar-refractivity contribution >= 4 is 5.91 Å². The van der Waals surface area contributed by atoms with Crippen molar-refractivity contribution in [3.8, 4) is 0 Å². The van der Waals surface area contributed by atoms with Crippen LogP contribution in [0.2, 0.25) is 0 Å². The molecule has 0 aliphatic carbocycles. The summed E-state index contributed by atoms with van der Waals surface area (Å²) in [5.74, 6) is -1.91. The summed E-state index contributed by atoms with van der Waals surface area (Å²) in [7, 11) is 0. The Balaban J connectivity index is 2.87. The van der Waals surface area contributed by atoms with E-state index in [0.717, 1.165) is 11.1 Å². The second-order valence-corrected chi connectivity index (χ2v) is 4.05. The summed E-state index contributed by atoms with van der Waals surface area (Å²) < 4.78 is 36.3. The third-order valence-electron chi connectivity index (χ3n) is 2.51. The normalized spacial score (nSPS) is 13.3. The van der Waals surface area contributed by atoms with Gasteiger partial charge in [0.2, 0.25) is 0 Å². The Kier molecular flexibility index (Phi) is 3.80. The number of halogens is 3. The number of carbonyl (C=O) groups excluding carboxylic acids is 1. The van der Waals surface area contributed by atoms with Gasteiger partial charge in [0.1, 0.15) is 0 Å². The molecule has 1 rings (SSSR count). The lowest BCUT2D eigenvalue weighted by atomic mass is 10.00. The number of aryl methyl sites for hydroxylation is 2. The van der Waals surface area contributed by atoms with Crippen LogP contribution < -0.4 is 5.32 Å². The van der Waals surface area contributed by atoms with E-state index in [2.05, 4.69) is 0 Å². The number of carbonyl (C=O) groups is 1. The molecular weight excluding hydrogens is 231 g/mol. The molecule has 1 N–H and O–H groups in total. The van der Waals surface area contributed by atoms with Gasteiger partial charge in [0, 0.05) is 0 Å². The molecule has 0 aliphatic rings. The molecule has 2 nitrogen and oxygen atoms in total. The van der Waals surface area contributed by atoms with E-state index < -0.39 is 18.1 Å². The van der Waals surface area contributed by atoms with Gasteiger partial charge < -0.3 is 5.32 Å². The molecule has 0 fully saturated rings. The van der Waals surface area contributed by atoms with Crippen molar-refractivity contribution in [2.24, 2.45) is 0 Å². The standard InChI is InChI=1S/C12H14F3NO/c1-7-4-5-8(2)10(6-7)9(3)16-11(17)12(13,14)15/h4-6,9H,1-3H3,(H,16,17). The van der Waals surface area contributed by atoms with E-state index in [0.29, 0.717) is 5.56 Å². The Morgan fingerprint density at radius 3 is 2.41 bits per heavy atom. The fourth-order valence-corrected chi connectivity index (χ4v) is 1.58. The highest BCUT2D eigenvalue weighted by Crippen LogP contribution is 2.21. The first kappa shape index (κ1) is 13.5. The Morgan fingerprint density at radius 2 is 1.88 bits per heavy atom. The number of hydrogen-bond acceptors (Lipinski definition) is 1. The number of alkyl halides is 3. The second kappa shape index (κ2) is 4.77. The average molecular weight is 245 g/mol. The summed E-state index contributed by atoms with van der Waals surface area (Å²) in [6.07, 6.45) is -4.84. The predicted octanol–water partition coefficient (Wildman–Crippen LogP) is 3.04. The van der Waals surface area contributed by atoms with Crippen LogP contribution in [0.5, 0.6) is 0 Å². The van der Waals surface area contributed by atoms with Crippen molar-refractivity contribution in [2.45, 2.75) is 33.0 Å². The smallest absolute Gasteiger partial charge is 0.342 e. The van der Waals surface area contributed by atoms with Gasteiger partial charge >= 0.3 is 12.1 Å². The number of hydrogen-bond donors (Lipinski definition) is 1. The molecule has 0 bridgehead atoms. The van der Waals surface area contributed by atoms with Gasteiger partial charge in [0.05, 0.1) is 6.04 Å². The summed E-state index contributed by atoms with van der Waals surface area (Å²) in [5, 5.41) is 1.94. The van der Waals surface area contributed by atoms with Crippen molar-refractivity contribution in [2.75, 3.05) is 0 Å². The zero-order valence-corrected chi connectivity index (χ0v) is 9.85. The lowest BCUT2D eigenvalue weighted by Gasteiger charge is -2.18. The topological polar surface area (TPSA) is 29.1 Å².